The van der Waals surface area contributed by atoms with Crippen molar-refractivity contribution in [1.82, 2.24) is 10.2 Å². The van der Waals surface area contributed by atoms with Crippen molar-refractivity contribution in [2.45, 2.75) is 67.3 Å². The Balaban J connectivity index is 2.44. The van der Waals surface area contributed by atoms with Gasteiger partial charge in [0.25, 0.3) is 0 Å². The fourth-order valence-corrected chi connectivity index (χ4v) is 3.25. The first-order chi connectivity index (χ1) is 8.66. The van der Waals surface area contributed by atoms with Crippen molar-refractivity contribution >= 4 is 0 Å². The molecule has 1 aliphatic heterocycles. The molecular weight excluding hydrogens is 232 g/mol. The zero-order valence-corrected chi connectivity index (χ0v) is 14.3. The van der Waals surface area contributed by atoms with Gasteiger partial charge in [-0.2, -0.15) is 0 Å². The van der Waals surface area contributed by atoms with Crippen LogP contribution < -0.4 is 5.32 Å². The summed E-state index contributed by atoms with van der Waals surface area (Å²) in [5.41, 5.74) is 0.837. The van der Waals surface area contributed by atoms with Crippen molar-refractivity contribution < 1.29 is 0 Å². The Morgan fingerprint density at radius 1 is 1.11 bits per heavy atom. The Kier molecular flexibility index (Phi) is 5.88. The maximum atomic E-state index is 3.58. The zero-order valence-electron chi connectivity index (χ0n) is 14.3. The molecule has 0 saturated carbocycles. The minimum Gasteiger partial charge on any atom is -0.314 e. The van der Waals surface area contributed by atoms with Crippen LogP contribution in [0.25, 0.3) is 0 Å². The summed E-state index contributed by atoms with van der Waals surface area (Å²) < 4.78 is 0. The van der Waals surface area contributed by atoms with E-state index in [0.29, 0.717) is 16.9 Å². The lowest BCUT2D eigenvalue weighted by Gasteiger charge is -2.43. The summed E-state index contributed by atoms with van der Waals surface area (Å²) in [5, 5.41) is 3.58. The van der Waals surface area contributed by atoms with Gasteiger partial charge in [-0.1, -0.05) is 41.5 Å². The molecule has 2 heteroatoms. The van der Waals surface area contributed by atoms with Gasteiger partial charge in [0.05, 0.1) is 0 Å². The van der Waals surface area contributed by atoms with Gasteiger partial charge in [0.1, 0.15) is 0 Å². The van der Waals surface area contributed by atoms with E-state index in [1.54, 1.807) is 0 Å². The number of nitrogens with one attached hydrogen (secondary N) is 1. The standard InChI is InChI=1S/C17H36N2/c1-8-18-14(2)17(6,7)13-19-11-9-15(10-12-19)16(3,4)5/h14-15,18H,8-13H2,1-7H3. The summed E-state index contributed by atoms with van der Waals surface area (Å²) >= 11 is 0. The molecule has 1 fully saturated rings. The first kappa shape index (κ1) is 17.0. The molecule has 2 nitrogen and oxygen atoms in total. The average Bonchev–Trinajstić information content (AvgIpc) is 2.28. The lowest BCUT2D eigenvalue weighted by atomic mass is 9.75. The summed E-state index contributed by atoms with van der Waals surface area (Å²) in [4.78, 5) is 2.68. The molecule has 1 rings (SSSR count). The fourth-order valence-electron chi connectivity index (χ4n) is 3.25. The second kappa shape index (κ2) is 6.58. The third kappa shape index (κ3) is 5.07. The van der Waals surface area contributed by atoms with Crippen LogP contribution in [-0.2, 0) is 0 Å². The van der Waals surface area contributed by atoms with Crippen molar-refractivity contribution in [1.29, 1.82) is 0 Å². The summed E-state index contributed by atoms with van der Waals surface area (Å²) in [6, 6.07) is 0.581. The highest BCUT2D eigenvalue weighted by molar-refractivity contribution is 4.87. The maximum Gasteiger partial charge on any atom is 0.0102 e. The number of piperidine rings is 1. The Labute approximate surface area is 121 Å². The third-order valence-electron chi connectivity index (χ3n) is 5.13. The first-order valence-corrected chi connectivity index (χ1v) is 8.12. The van der Waals surface area contributed by atoms with Crippen LogP contribution in [0.15, 0.2) is 0 Å². The van der Waals surface area contributed by atoms with E-state index in [1.807, 2.05) is 0 Å². The van der Waals surface area contributed by atoms with E-state index < -0.39 is 0 Å². The van der Waals surface area contributed by atoms with Crippen LogP contribution in [0, 0.1) is 16.7 Å². The lowest BCUT2D eigenvalue weighted by molar-refractivity contribution is 0.0737. The molecule has 0 aliphatic carbocycles. The smallest absolute Gasteiger partial charge is 0.0102 e. The Hall–Kier alpha value is -0.0800. The van der Waals surface area contributed by atoms with Crippen LogP contribution in [0.5, 0.6) is 0 Å². The molecule has 0 radical (unpaired) electrons. The second-order valence-corrected chi connectivity index (χ2v) is 8.18. The summed E-state index contributed by atoms with van der Waals surface area (Å²) in [6.07, 6.45) is 2.74. The predicted octanol–water partition coefficient (Wildman–Crippen LogP) is 3.77. The van der Waals surface area contributed by atoms with E-state index >= 15 is 0 Å². The Bertz CT molecular complexity index is 257. The van der Waals surface area contributed by atoms with Crippen molar-refractivity contribution in [3.05, 3.63) is 0 Å². The van der Waals surface area contributed by atoms with Gasteiger partial charge in [-0.05, 0) is 56.1 Å². The highest BCUT2D eigenvalue weighted by atomic mass is 15.1. The van der Waals surface area contributed by atoms with Crippen LogP contribution >= 0.6 is 0 Å². The van der Waals surface area contributed by atoms with E-state index in [1.165, 1.54) is 32.5 Å². The van der Waals surface area contributed by atoms with Gasteiger partial charge in [0, 0.05) is 12.6 Å². The molecular formula is C17H36N2. The SMILES string of the molecule is CCNC(C)C(C)(C)CN1CCC(C(C)(C)C)CC1. The quantitative estimate of drug-likeness (QED) is 0.816. The van der Waals surface area contributed by atoms with Crippen molar-refractivity contribution in [3.63, 3.8) is 0 Å². The van der Waals surface area contributed by atoms with Gasteiger partial charge in [0.2, 0.25) is 0 Å². The molecule has 19 heavy (non-hydrogen) atoms. The molecule has 114 valence electrons. The van der Waals surface area contributed by atoms with Crippen LogP contribution in [0.4, 0.5) is 0 Å². The molecule has 1 unspecified atom stereocenters. The molecule has 0 aromatic heterocycles. The van der Waals surface area contributed by atoms with Gasteiger partial charge < -0.3 is 10.2 Å². The highest BCUT2D eigenvalue weighted by Crippen LogP contribution is 2.35. The third-order valence-corrected chi connectivity index (χ3v) is 5.13. The van der Waals surface area contributed by atoms with Crippen LogP contribution in [0.2, 0.25) is 0 Å². The molecule has 0 bridgehead atoms. The molecule has 0 spiro atoms. The topological polar surface area (TPSA) is 15.3 Å². The predicted molar refractivity (Wildman–Crippen MR) is 85.5 cm³/mol. The number of nitrogens with zero attached hydrogens (tertiary/aromatic N) is 1. The normalized spacial score (nSPS) is 21.6. The first-order valence-electron chi connectivity index (χ1n) is 8.12. The molecule has 0 amide bonds. The lowest BCUT2D eigenvalue weighted by Crippen LogP contribution is -2.49. The number of rotatable bonds is 5. The van der Waals surface area contributed by atoms with E-state index in [-0.39, 0.29) is 0 Å². The number of hydrogen-bond donors (Lipinski definition) is 1. The summed E-state index contributed by atoms with van der Waals surface area (Å²) in [6.45, 7) is 21.3. The van der Waals surface area contributed by atoms with Crippen LogP contribution in [-0.4, -0.2) is 37.1 Å². The van der Waals surface area contributed by atoms with Gasteiger partial charge in [-0.3, -0.25) is 0 Å². The van der Waals surface area contributed by atoms with Crippen molar-refractivity contribution in [2.75, 3.05) is 26.2 Å². The molecule has 0 aromatic carbocycles. The van der Waals surface area contributed by atoms with Crippen LogP contribution in [0.1, 0.15) is 61.3 Å². The van der Waals surface area contributed by atoms with E-state index in [2.05, 4.69) is 58.7 Å². The van der Waals surface area contributed by atoms with Gasteiger partial charge in [0.15, 0.2) is 0 Å². The Morgan fingerprint density at radius 3 is 2.05 bits per heavy atom. The fraction of sp³-hybridized carbons (Fsp3) is 1.00. The molecule has 1 heterocycles. The largest absolute Gasteiger partial charge is 0.314 e. The maximum absolute atomic E-state index is 3.58. The van der Waals surface area contributed by atoms with Gasteiger partial charge >= 0.3 is 0 Å². The molecule has 1 N–H and O–H groups in total. The number of hydrogen-bond acceptors (Lipinski definition) is 2. The minimum absolute atomic E-state index is 0.352. The Morgan fingerprint density at radius 2 is 1.63 bits per heavy atom. The highest BCUT2D eigenvalue weighted by Gasteiger charge is 2.32. The van der Waals surface area contributed by atoms with E-state index in [0.717, 1.165) is 12.5 Å². The minimum atomic E-state index is 0.352. The average molecular weight is 268 g/mol. The van der Waals surface area contributed by atoms with E-state index in [4.69, 9.17) is 0 Å². The monoisotopic (exact) mass is 268 g/mol. The number of likely N-dealkylation sites (tertiary alicyclic amines) is 1. The summed E-state index contributed by atoms with van der Waals surface area (Å²) in [5.74, 6) is 0.901. The molecule has 1 aliphatic rings. The van der Waals surface area contributed by atoms with Gasteiger partial charge in [-0.25, -0.2) is 0 Å². The van der Waals surface area contributed by atoms with Gasteiger partial charge in [-0.15, -0.1) is 0 Å². The molecule has 0 aromatic rings. The molecule has 1 atom stereocenters. The zero-order chi connectivity index (χ0) is 14.7. The molecule has 1 saturated heterocycles. The van der Waals surface area contributed by atoms with Crippen molar-refractivity contribution in [2.24, 2.45) is 16.7 Å². The second-order valence-electron chi connectivity index (χ2n) is 8.18. The van der Waals surface area contributed by atoms with Crippen LogP contribution in [0.3, 0.4) is 0 Å². The van der Waals surface area contributed by atoms with E-state index in [9.17, 15) is 0 Å². The summed E-state index contributed by atoms with van der Waals surface area (Å²) in [7, 11) is 0. The van der Waals surface area contributed by atoms with Crippen molar-refractivity contribution in [3.8, 4) is 0 Å².